The van der Waals surface area contributed by atoms with Gasteiger partial charge in [-0.3, -0.25) is 0 Å². The Balaban J connectivity index is 1.88. The predicted octanol–water partition coefficient (Wildman–Crippen LogP) is 4.82. The lowest BCUT2D eigenvalue weighted by Gasteiger charge is -2.15. The fourth-order valence-corrected chi connectivity index (χ4v) is 4.13. The summed E-state index contributed by atoms with van der Waals surface area (Å²) in [6.45, 7) is 7.66. The van der Waals surface area contributed by atoms with E-state index in [1.807, 2.05) is 6.07 Å². The van der Waals surface area contributed by atoms with Crippen molar-refractivity contribution in [2.75, 3.05) is 6.54 Å². The van der Waals surface area contributed by atoms with Gasteiger partial charge in [0, 0.05) is 34.7 Å². The van der Waals surface area contributed by atoms with Crippen LogP contribution in [0, 0.1) is 0 Å². The number of thiophene rings is 1. The van der Waals surface area contributed by atoms with Crippen molar-refractivity contribution in [3.63, 3.8) is 0 Å². The lowest BCUT2D eigenvalue weighted by atomic mass is 9.82. The maximum Gasteiger partial charge on any atom is 0.209 e. The van der Waals surface area contributed by atoms with Crippen molar-refractivity contribution >= 4 is 34.8 Å². The van der Waals surface area contributed by atoms with E-state index in [1.54, 1.807) is 11.3 Å². The Labute approximate surface area is 144 Å². The average molecular weight is 350 g/mol. The normalized spacial score (nSPS) is 16.0. The van der Waals surface area contributed by atoms with Crippen molar-refractivity contribution in [1.29, 1.82) is 0 Å². The van der Waals surface area contributed by atoms with Crippen LogP contribution in [-0.2, 0) is 21.2 Å². The number of rotatable bonds is 6. The average Bonchev–Trinajstić information content (AvgIpc) is 3.12. The molecule has 0 saturated heterocycles. The Morgan fingerprint density at radius 3 is 2.83 bits per heavy atom. The second-order valence-corrected chi connectivity index (χ2v) is 7.90. The highest BCUT2D eigenvalue weighted by molar-refractivity contribution is 7.94. The van der Waals surface area contributed by atoms with Crippen LogP contribution in [0.1, 0.15) is 31.2 Å². The topological polar surface area (TPSA) is 41.7 Å². The lowest BCUT2D eigenvalue weighted by molar-refractivity contribution is -0.438. The largest absolute Gasteiger partial charge is 0.220 e. The minimum atomic E-state index is -0.0264. The van der Waals surface area contributed by atoms with Gasteiger partial charge in [-0.15, -0.1) is 15.7 Å². The molecule has 0 amide bonds. The third-order valence-electron chi connectivity index (χ3n) is 4.56. The van der Waals surface area contributed by atoms with Gasteiger partial charge >= 0.3 is 0 Å². The molecule has 1 aliphatic rings. The van der Waals surface area contributed by atoms with Crippen LogP contribution >= 0.6 is 23.4 Å². The molecule has 6 heteroatoms. The summed E-state index contributed by atoms with van der Waals surface area (Å²) in [6.07, 6.45) is 1.04. The van der Waals surface area contributed by atoms with Crippen LogP contribution in [0.25, 0.3) is 0 Å². The summed E-state index contributed by atoms with van der Waals surface area (Å²) in [6, 6.07) is 10.5. The molecule has 4 nitrogen and oxygen atoms in total. The Bertz CT molecular complexity index is 723. The maximum atomic E-state index is 8.31. The molecule has 23 heavy (non-hydrogen) atoms. The quantitative estimate of drug-likeness (QED) is 0.351. The predicted molar refractivity (Wildman–Crippen MR) is 93.6 cm³/mol. The maximum absolute atomic E-state index is 8.31. The van der Waals surface area contributed by atoms with Crippen molar-refractivity contribution in [2.45, 2.75) is 37.5 Å². The summed E-state index contributed by atoms with van der Waals surface area (Å²) < 4.78 is 6.96. The first-order valence-corrected chi connectivity index (χ1v) is 9.09. The van der Waals surface area contributed by atoms with E-state index in [1.165, 1.54) is 21.8 Å². The minimum Gasteiger partial charge on any atom is -0.220 e. The van der Waals surface area contributed by atoms with E-state index < -0.39 is 0 Å². The molecule has 0 fully saturated rings. The molecular weight excluding hydrogens is 330 g/mol. The standard InChI is InChI=1S/C17H19NO3S2/c1-12-17(2,3)15-11-14(23-21-20-19)6-7-16(15)18(12)9-8-13-5-4-10-22-13/h4-7,10-11H,8-9H2,1-3H3/p+1. The Morgan fingerprint density at radius 1 is 1.30 bits per heavy atom. The minimum absolute atomic E-state index is 0.0264. The van der Waals surface area contributed by atoms with Gasteiger partial charge in [0.05, 0.1) is 17.5 Å². The molecule has 1 N–H and O–H groups in total. The number of hydrogen-bond donors (Lipinski definition) is 1. The molecule has 0 aliphatic carbocycles. The number of benzene rings is 1. The summed E-state index contributed by atoms with van der Waals surface area (Å²) in [7, 11) is 0. The van der Waals surface area contributed by atoms with Gasteiger partial charge in [-0.1, -0.05) is 11.1 Å². The Hall–Kier alpha value is -1.18. The van der Waals surface area contributed by atoms with Crippen LogP contribution in [0.3, 0.4) is 0 Å². The number of fused-ring (bicyclic) bond motifs is 1. The molecule has 1 aromatic heterocycles. The fourth-order valence-electron chi connectivity index (χ4n) is 3.04. The summed E-state index contributed by atoms with van der Waals surface area (Å²) in [4.78, 5) is 2.31. The highest BCUT2D eigenvalue weighted by Crippen LogP contribution is 2.41. The third kappa shape index (κ3) is 3.22. The molecule has 0 atom stereocenters. The van der Waals surface area contributed by atoms with E-state index in [9.17, 15) is 0 Å². The van der Waals surface area contributed by atoms with Crippen molar-refractivity contribution in [3.8, 4) is 0 Å². The zero-order valence-electron chi connectivity index (χ0n) is 13.4. The molecule has 0 radical (unpaired) electrons. The smallest absolute Gasteiger partial charge is 0.209 e. The first-order valence-electron chi connectivity index (χ1n) is 7.47. The number of nitrogens with zero attached hydrogens (tertiary/aromatic N) is 1. The summed E-state index contributed by atoms with van der Waals surface area (Å²) in [5.41, 5.74) is 3.85. The molecular formula is C17H20NO3S2+. The van der Waals surface area contributed by atoms with Gasteiger partial charge in [0.2, 0.25) is 5.69 Å². The van der Waals surface area contributed by atoms with E-state index >= 15 is 0 Å². The zero-order valence-corrected chi connectivity index (χ0v) is 15.0. The van der Waals surface area contributed by atoms with E-state index in [4.69, 9.17) is 5.26 Å². The molecule has 0 saturated carbocycles. The number of hydrogen-bond acceptors (Lipinski definition) is 5. The lowest BCUT2D eigenvalue weighted by Crippen LogP contribution is -2.27. The highest BCUT2D eigenvalue weighted by atomic mass is 32.2. The van der Waals surface area contributed by atoms with Gasteiger partial charge in [0.1, 0.15) is 0 Å². The monoisotopic (exact) mass is 350 g/mol. The van der Waals surface area contributed by atoms with Gasteiger partial charge in [0.25, 0.3) is 0 Å². The summed E-state index contributed by atoms with van der Waals surface area (Å²) >= 11 is 2.81. The summed E-state index contributed by atoms with van der Waals surface area (Å²) in [5, 5.41) is 14.1. The first-order chi connectivity index (χ1) is 11.0. The van der Waals surface area contributed by atoms with Gasteiger partial charge in [-0.25, -0.2) is 5.26 Å². The molecule has 1 aromatic carbocycles. The Kier molecular flexibility index (Phi) is 4.89. The van der Waals surface area contributed by atoms with Crippen LogP contribution in [-0.4, -0.2) is 22.1 Å². The van der Waals surface area contributed by atoms with E-state index in [0.717, 1.165) is 29.9 Å². The van der Waals surface area contributed by atoms with E-state index in [-0.39, 0.29) is 5.41 Å². The van der Waals surface area contributed by atoms with Crippen molar-refractivity contribution in [3.05, 3.63) is 46.2 Å². The molecule has 0 unspecified atom stereocenters. The van der Waals surface area contributed by atoms with Gasteiger partial charge in [0.15, 0.2) is 12.3 Å². The zero-order chi connectivity index (χ0) is 16.4. The van der Waals surface area contributed by atoms with Crippen LogP contribution < -0.4 is 0 Å². The third-order valence-corrected chi connectivity index (χ3v) is 6.08. The molecule has 2 aromatic rings. The fraction of sp³-hybridized carbons (Fsp3) is 0.353. The van der Waals surface area contributed by atoms with E-state index in [2.05, 4.69) is 64.4 Å². The van der Waals surface area contributed by atoms with Gasteiger partial charge in [-0.05, 0) is 37.4 Å². The summed E-state index contributed by atoms with van der Waals surface area (Å²) in [5.74, 6) is 0. The molecule has 122 valence electrons. The highest BCUT2D eigenvalue weighted by Gasteiger charge is 2.42. The van der Waals surface area contributed by atoms with Crippen LogP contribution in [0.15, 0.2) is 40.6 Å². The molecule has 3 rings (SSSR count). The van der Waals surface area contributed by atoms with Crippen LogP contribution in [0.2, 0.25) is 0 Å². The molecule has 0 bridgehead atoms. The van der Waals surface area contributed by atoms with E-state index in [0.29, 0.717) is 0 Å². The molecule has 0 spiro atoms. The Morgan fingerprint density at radius 2 is 2.13 bits per heavy atom. The van der Waals surface area contributed by atoms with Crippen LogP contribution in [0.5, 0.6) is 0 Å². The van der Waals surface area contributed by atoms with Gasteiger partial charge in [-0.2, -0.15) is 4.58 Å². The van der Waals surface area contributed by atoms with Crippen molar-refractivity contribution in [2.24, 2.45) is 0 Å². The second kappa shape index (κ2) is 6.75. The second-order valence-electron chi connectivity index (χ2n) is 6.10. The SMILES string of the molecule is CC1=[N+](CCc2cccs2)c2ccc(SOOO)cc2C1(C)C. The van der Waals surface area contributed by atoms with Crippen molar-refractivity contribution in [1.82, 2.24) is 0 Å². The molecule has 2 heterocycles. The van der Waals surface area contributed by atoms with Crippen molar-refractivity contribution < 1.29 is 19.2 Å². The van der Waals surface area contributed by atoms with Crippen LogP contribution in [0.4, 0.5) is 5.69 Å². The van der Waals surface area contributed by atoms with Gasteiger partial charge < -0.3 is 0 Å². The first kappa shape index (κ1) is 16.7. The molecule has 1 aliphatic heterocycles.